The Morgan fingerprint density at radius 3 is 2.55 bits per heavy atom. The van der Waals surface area contributed by atoms with Crippen LogP contribution in [0.15, 0.2) is 42.5 Å². The molecule has 0 bridgehead atoms. The molecule has 0 radical (unpaired) electrons. The summed E-state index contributed by atoms with van der Waals surface area (Å²) in [4.78, 5) is 12.0. The monoisotopic (exact) mass is 284 g/mol. The quantitative estimate of drug-likeness (QED) is 0.938. The summed E-state index contributed by atoms with van der Waals surface area (Å²) in [5, 5.41) is 12.1. The topological polar surface area (TPSA) is 52.9 Å². The Hall–Kier alpha value is -2.31. The number of hydrogen-bond acceptors (Lipinski definition) is 2. The number of nitriles is 1. The highest BCUT2D eigenvalue weighted by molar-refractivity contribution is 6.31. The van der Waals surface area contributed by atoms with E-state index in [1.54, 1.807) is 30.3 Å². The lowest BCUT2D eigenvalue weighted by atomic mass is 10.1. The van der Waals surface area contributed by atoms with Gasteiger partial charge >= 0.3 is 0 Å². The average molecular weight is 285 g/mol. The van der Waals surface area contributed by atoms with Gasteiger partial charge in [-0.05, 0) is 48.4 Å². The molecule has 1 amide bonds. The molecule has 0 aliphatic rings. The normalized spacial score (nSPS) is 9.85. The van der Waals surface area contributed by atoms with E-state index < -0.39 is 0 Å². The Kier molecular flexibility index (Phi) is 4.39. The lowest BCUT2D eigenvalue weighted by Crippen LogP contribution is -2.22. The van der Waals surface area contributed by atoms with Crippen molar-refractivity contribution in [3.8, 4) is 6.07 Å². The average Bonchev–Trinajstić information content (AvgIpc) is 2.44. The fourth-order valence-corrected chi connectivity index (χ4v) is 2.14. The van der Waals surface area contributed by atoms with Crippen molar-refractivity contribution >= 4 is 17.5 Å². The van der Waals surface area contributed by atoms with E-state index >= 15 is 0 Å². The third kappa shape index (κ3) is 3.59. The summed E-state index contributed by atoms with van der Waals surface area (Å²) in [7, 11) is 0. The summed E-state index contributed by atoms with van der Waals surface area (Å²) < 4.78 is 0. The van der Waals surface area contributed by atoms with Crippen LogP contribution in [0.1, 0.15) is 27.0 Å². The van der Waals surface area contributed by atoms with Crippen LogP contribution < -0.4 is 5.32 Å². The maximum Gasteiger partial charge on any atom is 0.251 e. The first kappa shape index (κ1) is 14.1. The van der Waals surface area contributed by atoms with Crippen LogP contribution in [0.25, 0.3) is 0 Å². The van der Waals surface area contributed by atoms with Gasteiger partial charge < -0.3 is 5.32 Å². The molecule has 0 atom stereocenters. The summed E-state index contributed by atoms with van der Waals surface area (Å²) in [5.41, 5.74) is 3.03. The highest BCUT2D eigenvalue weighted by atomic mass is 35.5. The van der Waals surface area contributed by atoms with E-state index in [9.17, 15) is 4.79 Å². The molecule has 0 saturated heterocycles. The van der Waals surface area contributed by atoms with Crippen LogP contribution in [-0.4, -0.2) is 5.91 Å². The van der Waals surface area contributed by atoms with E-state index in [0.29, 0.717) is 22.7 Å². The zero-order chi connectivity index (χ0) is 14.5. The summed E-state index contributed by atoms with van der Waals surface area (Å²) in [6.45, 7) is 2.30. The van der Waals surface area contributed by atoms with E-state index in [4.69, 9.17) is 16.9 Å². The van der Waals surface area contributed by atoms with Crippen molar-refractivity contribution in [3.63, 3.8) is 0 Å². The zero-order valence-electron chi connectivity index (χ0n) is 11.0. The number of nitrogens with one attached hydrogen (secondary N) is 1. The second kappa shape index (κ2) is 6.23. The molecule has 4 heteroatoms. The Bertz CT molecular complexity index is 652. The number of benzene rings is 2. The summed E-state index contributed by atoms with van der Waals surface area (Å²) in [6.07, 6.45) is 0. The van der Waals surface area contributed by atoms with Crippen molar-refractivity contribution in [2.75, 3.05) is 0 Å². The lowest BCUT2D eigenvalue weighted by molar-refractivity contribution is 0.0951. The molecule has 20 heavy (non-hydrogen) atoms. The molecular formula is C16H13ClN2O. The smallest absolute Gasteiger partial charge is 0.251 e. The second-order valence-corrected chi connectivity index (χ2v) is 4.95. The van der Waals surface area contributed by atoms with Gasteiger partial charge in [0.15, 0.2) is 0 Å². The fourth-order valence-electron chi connectivity index (χ4n) is 1.85. The Morgan fingerprint density at radius 2 is 1.95 bits per heavy atom. The molecule has 2 rings (SSSR count). The van der Waals surface area contributed by atoms with Crippen molar-refractivity contribution in [2.24, 2.45) is 0 Å². The molecule has 0 heterocycles. The number of amides is 1. The molecule has 2 aromatic carbocycles. The first-order valence-electron chi connectivity index (χ1n) is 6.13. The molecule has 0 spiro atoms. The summed E-state index contributed by atoms with van der Waals surface area (Å²) >= 11 is 5.93. The zero-order valence-corrected chi connectivity index (χ0v) is 11.7. The highest BCUT2D eigenvalue weighted by Gasteiger charge is 2.07. The van der Waals surface area contributed by atoms with Gasteiger partial charge in [-0.15, -0.1) is 0 Å². The van der Waals surface area contributed by atoms with Gasteiger partial charge in [0, 0.05) is 17.1 Å². The Labute approximate surface area is 122 Å². The number of nitrogens with zero attached hydrogens (tertiary/aromatic N) is 1. The summed E-state index contributed by atoms with van der Waals surface area (Å²) in [5.74, 6) is -0.167. The van der Waals surface area contributed by atoms with Crippen LogP contribution in [0.2, 0.25) is 5.02 Å². The van der Waals surface area contributed by atoms with Crippen molar-refractivity contribution in [1.29, 1.82) is 5.26 Å². The standard InChI is InChI=1S/C16H13ClN2O/c1-11-6-14(8-15(17)7-11)16(20)19-10-13-4-2-12(9-18)3-5-13/h2-8H,10H2,1H3,(H,19,20). The van der Waals surface area contributed by atoms with Crippen molar-refractivity contribution < 1.29 is 4.79 Å². The first-order chi connectivity index (χ1) is 9.58. The van der Waals surface area contributed by atoms with Crippen LogP contribution >= 0.6 is 11.6 Å². The number of aryl methyl sites for hydroxylation is 1. The van der Waals surface area contributed by atoms with Crippen LogP contribution in [0.4, 0.5) is 0 Å². The highest BCUT2D eigenvalue weighted by Crippen LogP contribution is 2.14. The van der Waals surface area contributed by atoms with Crippen LogP contribution in [0.3, 0.4) is 0 Å². The largest absolute Gasteiger partial charge is 0.348 e. The van der Waals surface area contributed by atoms with Crippen molar-refractivity contribution in [2.45, 2.75) is 13.5 Å². The van der Waals surface area contributed by atoms with E-state index in [0.717, 1.165) is 11.1 Å². The molecule has 0 fully saturated rings. The minimum absolute atomic E-state index is 0.167. The van der Waals surface area contributed by atoms with E-state index in [1.165, 1.54) is 0 Å². The predicted octanol–water partition coefficient (Wildman–Crippen LogP) is 3.45. The van der Waals surface area contributed by atoms with Gasteiger partial charge in [0.1, 0.15) is 0 Å². The maximum atomic E-state index is 12.0. The Balaban J connectivity index is 2.02. The molecule has 0 aromatic heterocycles. The molecular weight excluding hydrogens is 272 g/mol. The van der Waals surface area contributed by atoms with Crippen LogP contribution in [-0.2, 0) is 6.54 Å². The predicted molar refractivity (Wildman–Crippen MR) is 78.5 cm³/mol. The molecule has 0 aliphatic heterocycles. The van der Waals surface area contributed by atoms with Gasteiger partial charge in [-0.1, -0.05) is 23.7 Å². The molecule has 0 saturated carbocycles. The SMILES string of the molecule is Cc1cc(Cl)cc(C(=O)NCc2ccc(C#N)cc2)c1. The van der Waals surface area contributed by atoms with Gasteiger partial charge in [0.05, 0.1) is 11.6 Å². The minimum Gasteiger partial charge on any atom is -0.348 e. The molecule has 2 aromatic rings. The number of carbonyl (C=O) groups is 1. The van der Waals surface area contributed by atoms with Crippen molar-refractivity contribution in [3.05, 3.63) is 69.7 Å². The molecule has 100 valence electrons. The van der Waals surface area contributed by atoms with E-state index in [-0.39, 0.29) is 5.91 Å². The van der Waals surface area contributed by atoms with E-state index in [2.05, 4.69) is 11.4 Å². The van der Waals surface area contributed by atoms with Gasteiger partial charge in [-0.3, -0.25) is 4.79 Å². The number of carbonyl (C=O) groups excluding carboxylic acids is 1. The maximum absolute atomic E-state index is 12.0. The van der Waals surface area contributed by atoms with Gasteiger partial charge in [-0.25, -0.2) is 0 Å². The van der Waals surface area contributed by atoms with Crippen LogP contribution in [0.5, 0.6) is 0 Å². The lowest BCUT2D eigenvalue weighted by Gasteiger charge is -2.07. The van der Waals surface area contributed by atoms with Gasteiger partial charge in [-0.2, -0.15) is 5.26 Å². The van der Waals surface area contributed by atoms with E-state index in [1.807, 2.05) is 19.1 Å². The Morgan fingerprint density at radius 1 is 1.25 bits per heavy atom. The van der Waals surface area contributed by atoms with Gasteiger partial charge in [0.2, 0.25) is 0 Å². The third-order valence-corrected chi connectivity index (χ3v) is 3.06. The minimum atomic E-state index is -0.167. The first-order valence-corrected chi connectivity index (χ1v) is 6.51. The number of rotatable bonds is 3. The molecule has 0 aliphatic carbocycles. The number of halogens is 1. The second-order valence-electron chi connectivity index (χ2n) is 4.51. The molecule has 1 N–H and O–H groups in total. The van der Waals surface area contributed by atoms with Gasteiger partial charge in [0.25, 0.3) is 5.91 Å². The molecule has 3 nitrogen and oxygen atoms in total. The molecule has 0 unspecified atom stereocenters. The number of hydrogen-bond donors (Lipinski definition) is 1. The van der Waals surface area contributed by atoms with Crippen molar-refractivity contribution in [1.82, 2.24) is 5.32 Å². The third-order valence-electron chi connectivity index (χ3n) is 2.84. The fraction of sp³-hybridized carbons (Fsp3) is 0.125. The summed E-state index contributed by atoms with van der Waals surface area (Å²) in [6, 6.07) is 14.4. The van der Waals surface area contributed by atoms with Crippen LogP contribution in [0, 0.1) is 18.3 Å².